The van der Waals surface area contributed by atoms with E-state index in [-0.39, 0.29) is 11.3 Å². The zero-order chi connectivity index (χ0) is 13.9. The first-order valence-electron chi connectivity index (χ1n) is 6.57. The minimum Gasteiger partial charge on any atom is -0.507 e. The number of phenols is 1. The minimum atomic E-state index is -0.0923. The molecule has 0 bridgehead atoms. The van der Waals surface area contributed by atoms with Crippen LogP contribution in [0.5, 0.6) is 5.75 Å². The molecule has 0 saturated carbocycles. The van der Waals surface area contributed by atoms with Gasteiger partial charge in [-0.3, -0.25) is 0 Å². The Morgan fingerprint density at radius 1 is 1.28 bits per heavy atom. The molecule has 1 N–H and O–H groups in total. The monoisotopic (exact) mass is 248 g/mol. The molecule has 2 heteroatoms. The maximum Gasteiger partial charge on any atom is 0.122 e. The van der Waals surface area contributed by atoms with Crippen molar-refractivity contribution >= 4 is 6.29 Å². The van der Waals surface area contributed by atoms with Gasteiger partial charge in [0.2, 0.25) is 0 Å². The van der Waals surface area contributed by atoms with Gasteiger partial charge < -0.3 is 9.90 Å². The summed E-state index contributed by atoms with van der Waals surface area (Å²) in [5.41, 5.74) is 2.98. The van der Waals surface area contributed by atoms with Gasteiger partial charge in [0.1, 0.15) is 12.0 Å². The molecule has 100 valence electrons. The van der Waals surface area contributed by atoms with Crippen molar-refractivity contribution in [2.24, 2.45) is 0 Å². The lowest BCUT2D eigenvalue weighted by Crippen LogP contribution is -2.13. The molecule has 0 aliphatic rings. The van der Waals surface area contributed by atoms with Gasteiger partial charge in [0.05, 0.1) is 0 Å². The van der Waals surface area contributed by atoms with Crippen molar-refractivity contribution in [2.75, 3.05) is 0 Å². The zero-order valence-corrected chi connectivity index (χ0v) is 12.1. The van der Waals surface area contributed by atoms with Crippen molar-refractivity contribution in [2.45, 2.75) is 58.8 Å². The summed E-state index contributed by atoms with van der Waals surface area (Å²) in [4.78, 5) is 10.5. The number of carbonyl (C=O) groups is 1. The van der Waals surface area contributed by atoms with Gasteiger partial charge in [-0.25, -0.2) is 0 Å². The molecule has 0 aliphatic heterocycles. The number of hydrogen-bond donors (Lipinski definition) is 1. The van der Waals surface area contributed by atoms with Gasteiger partial charge in [0.15, 0.2) is 0 Å². The van der Waals surface area contributed by atoms with Crippen molar-refractivity contribution in [3.8, 4) is 5.75 Å². The Morgan fingerprint density at radius 3 is 2.33 bits per heavy atom. The van der Waals surface area contributed by atoms with Crippen LogP contribution in [0.25, 0.3) is 0 Å². The third-order valence-electron chi connectivity index (χ3n) is 3.18. The Hall–Kier alpha value is -1.31. The number of rotatable bonds is 4. The molecular weight excluding hydrogens is 224 g/mol. The number of aryl methyl sites for hydroxylation is 1. The van der Waals surface area contributed by atoms with E-state index in [0.717, 1.165) is 29.4 Å². The van der Waals surface area contributed by atoms with E-state index in [2.05, 4.69) is 34.6 Å². The topological polar surface area (TPSA) is 37.3 Å². The number of hydrogen-bond acceptors (Lipinski definition) is 2. The SMILES string of the molecule is CC(C)c1cc(CCC=O)cc(C(C)(C)C)c1O. The molecule has 0 aliphatic carbocycles. The largest absolute Gasteiger partial charge is 0.507 e. The molecular formula is C16H24O2. The quantitative estimate of drug-likeness (QED) is 0.819. The van der Waals surface area contributed by atoms with Crippen LogP contribution in [0.1, 0.15) is 63.6 Å². The van der Waals surface area contributed by atoms with E-state index in [4.69, 9.17) is 0 Å². The number of carbonyl (C=O) groups excluding carboxylic acids is 1. The van der Waals surface area contributed by atoms with Crippen molar-refractivity contribution in [3.63, 3.8) is 0 Å². The molecule has 18 heavy (non-hydrogen) atoms. The van der Waals surface area contributed by atoms with Crippen molar-refractivity contribution < 1.29 is 9.90 Å². The van der Waals surface area contributed by atoms with Crippen molar-refractivity contribution in [1.29, 1.82) is 0 Å². The van der Waals surface area contributed by atoms with Crippen LogP contribution in [-0.4, -0.2) is 11.4 Å². The molecule has 1 aromatic rings. The lowest BCUT2D eigenvalue weighted by atomic mass is 9.82. The highest BCUT2D eigenvalue weighted by Gasteiger charge is 2.22. The second kappa shape index (κ2) is 5.55. The lowest BCUT2D eigenvalue weighted by Gasteiger charge is -2.24. The van der Waals surface area contributed by atoms with Crippen LogP contribution in [0.4, 0.5) is 0 Å². The van der Waals surface area contributed by atoms with Gasteiger partial charge in [0.25, 0.3) is 0 Å². The lowest BCUT2D eigenvalue weighted by molar-refractivity contribution is -0.107. The fraction of sp³-hybridized carbons (Fsp3) is 0.562. The highest BCUT2D eigenvalue weighted by Crippen LogP contribution is 2.37. The molecule has 1 rings (SSSR count). The summed E-state index contributed by atoms with van der Waals surface area (Å²) in [7, 11) is 0. The van der Waals surface area contributed by atoms with Crippen LogP contribution in [0.3, 0.4) is 0 Å². The van der Waals surface area contributed by atoms with E-state index >= 15 is 0 Å². The minimum absolute atomic E-state index is 0.0923. The average Bonchev–Trinajstić information content (AvgIpc) is 2.25. The normalized spacial score (nSPS) is 11.9. The Balaban J connectivity index is 3.32. The summed E-state index contributed by atoms with van der Waals surface area (Å²) in [5.74, 6) is 0.689. The first-order valence-corrected chi connectivity index (χ1v) is 6.57. The van der Waals surface area contributed by atoms with Gasteiger partial charge in [-0.05, 0) is 34.4 Å². The Labute approximate surface area is 110 Å². The molecule has 2 nitrogen and oxygen atoms in total. The number of aromatic hydroxyl groups is 1. The van der Waals surface area contributed by atoms with E-state index in [1.165, 1.54) is 0 Å². The number of aldehydes is 1. The molecule has 0 aromatic heterocycles. The Bertz CT molecular complexity index is 425. The molecule has 0 fully saturated rings. The number of phenolic OH excluding ortho intramolecular Hbond substituents is 1. The molecule has 0 unspecified atom stereocenters. The third-order valence-corrected chi connectivity index (χ3v) is 3.18. The van der Waals surface area contributed by atoms with E-state index < -0.39 is 0 Å². The van der Waals surface area contributed by atoms with Crippen LogP contribution in [0.2, 0.25) is 0 Å². The van der Waals surface area contributed by atoms with Gasteiger partial charge in [-0.1, -0.05) is 46.8 Å². The second-order valence-corrected chi connectivity index (χ2v) is 6.19. The Kier molecular flexibility index (Phi) is 4.55. The fourth-order valence-electron chi connectivity index (χ4n) is 2.10. The first-order chi connectivity index (χ1) is 8.27. The highest BCUT2D eigenvalue weighted by atomic mass is 16.3. The summed E-state index contributed by atoms with van der Waals surface area (Å²) in [6, 6.07) is 4.06. The maximum absolute atomic E-state index is 10.5. The standard InChI is InChI=1S/C16H24O2/c1-11(2)13-9-12(7-6-8-17)10-14(15(13)18)16(3,4)5/h8-11,18H,6-7H2,1-5H3. The van der Waals surface area contributed by atoms with Gasteiger partial charge >= 0.3 is 0 Å². The fourth-order valence-corrected chi connectivity index (χ4v) is 2.10. The van der Waals surface area contributed by atoms with Crippen molar-refractivity contribution in [1.82, 2.24) is 0 Å². The average molecular weight is 248 g/mol. The smallest absolute Gasteiger partial charge is 0.122 e. The predicted octanol–water partition coefficient (Wildman–Crippen LogP) is 3.94. The summed E-state index contributed by atoms with van der Waals surface area (Å²) < 4.78 is 0. The third kappa shape index (κ3) is 3.34. The first kappa shape index (κ1) is 14.7. The highest BCUT2D eigenvalue weighted by molar-refractivity contribution is 5.52. The van der Waals surface area contributed by atoms with Gasteiger partial charge in [-0.2, -0.15) is 0 Å². The molecule has 0 amide bonds. The summed E-state index contributed by atoms with van der Waals surface area (Å²) in [6.45, 7) is 10.4. The molecule has 0 heterocycles. The van der Waals surface area contributed by atoms with Gasteiger partial charge in [-0.15, -0.1) is 0 Å². The van der Waals surface area contributed by atoms with Crippen LogP contribution in [0.15, 0.2) is 12.1 Å². The van der Waals surface area contributed by atoms with E-state index in [1.54, 1.807) is 0 Å². The van der Waals surface area contributed by atoms with E-state index in [9.17, 15) is 9.90 Å². The summed E-state index contributed by atoms with van der Waals surface area (Å²) in [6.07, 6.45) is 2.22. The maximum atomic E-state index is 10.5. The summed E-state index contributed by atoms with van der Waals surface area (Å²) in [5, 5.41) is 10.4. The van der Waals surface area contributed by atoms with Crippen LogP contribution in [0, 0.1) is 0 Å². The zero-order valence-electron chi connectivity index (χ0n) is 12.1. The van der Waals surface area contributed by atoms with Gasteiger partial charge in [0, 0.05) is 6.42 Å². The number of benzene rings is 1. The van der Waals surface area contributed by atoms with Crippen LogP contribution >= 0.6 is 0 Å². The second-order valence-electron chi connectivity index (χ2n) is 6.19. The van der Waals surface area contributed by atoms with Crippen LogP contribution < -0.4 is 0 Å². The predicted molar refractivity (Wildman–Crippen MR) is 75.3 cm³/mol. The van der Waals surface area contributed by atoms with E-state index in [1.807, 2.05) is 12.1 Å². The van der Waals surface area contributed by atoms with E-state index in [0.29, 0.717) is 12.2 Å². The molecule has 0 spiro atoms. The molecule has 0 saturated heterocycles. The Morgan fingerprint density at radius 2 is 1.89 bits per heavy atom. The molecule has 1 aromatic carbocycles. The molecule has 0 atom stereocenters. The summed E-state index contributed by atoms with van der Waals surface area (Å²) >= 11 is 0. The van der Waals surface area contributed by atoms with Crippen LogP contribution in [-0.2, 0) is 16.6 Å². The molecule has 0 radical (unpaired) electrons. The van der Waals surface area contributed by atoms with Crippen molar-refractivity contribution in [3.05, 3.63) is 28.8 Å².